The maximum atomic E-state index is 12.0. The largest absolute Gasteiger partial charge is 0.573 e. The highest BCUT2D eigenvalue weighted by molar-refractivity contribution is 5.83. The maximum absolute atomic E-state index is 12.0. The summed E-state index contributed by atoms with van der Waals surface area (Å²) in [6.07, 6.45) is -5.89. The van der Waals surface area contributed by atoms with Crippen LogP contribution in [0.15, 0.2) is 24.3 Å². The van der Waals surface area contributed by atoms with Crippen molar-refractivity contribution in [3.8, 4) is 5.75 Å². The van der Waals surface area contributed by atoms with Gasteiger partial charge in [-0.15, -0.1) is 13.2 Å². The highest BCUT2D eigenvalue weighted by Gasteiger charge is 2.31. The zero-order chi connectivity index (χ0) is 14.6. The average Bonchev–Trinajstić information content (AvgIpc) is 2.23. The summed E-state index contributed by atoms with van der Waals surface area (Å²) in [5.74, 6) is -1.26. The number of primary amides is 1. The first-order valence-corrected chi connectivity index (χ1v) is 5.29. The number of nitrogens with two attached hydrogens (primary N) is 1. The Balaban J connectivity index is 2.84. The smallest absolute Gasteiger partial charge is 0.406 e. The molecule has 5 nitrogen and oxygen atoms in total. The van der Waals surface area contributed by atoms with E-state index in [4.69, 9.17) is 5.73 Å². The van der Waals surface area contributed by atoms with E-state index >= 15 is 0 Å². The molecule has 8 heteroatoms. The van der Waals surface area contributed by atoms with Crippen molar-refractivity contribution in [1.82, 2.24) is 0 Å². The van der Waals surface area contributed by atoms with Crippen molar-refractivity contribution < 1.29 is 27.8 Å². The highest BCUT2D eigenvalue weighted by Crippen LogP contribution is 2.25. The summed E-state index contributed by atoms with van der Waals surface area (Å²) in [7, 11) is 0. The molecule has 19 heavy (non-hydrogen) atoms. The molecule has 0 radical (unpaired) electrons. The molecule has 0 saturated heterocycles. The minimum atomic E-state index is -4.80. The van der Waals surface area contributed by atoms with Gasteiger partial charge in [-0.2, -0.15) is 0 Å². The number of aliphatic hydroxyl groups excluding tert-OH is 1. The third-order valence-corrected chi connectivity index (χ3v) is 2.18. The molecular formula is C11H13F3N2O3. The first-order valence-electron chi connectivity index (χ1n) is 5.29. The van der Waals surface area contributed by atoms with Gasteiger partial charge in [0.2, 0.25) is 5.91 Å². The molecule has 0 heterocycles. The molecule has 4 N–H and O–H groups in total. The van der Waals surface area contributed by atoms with Gasteiger partial charge in [0.25, 0.3) is 0 Å². The number of alkyl halides is 3. The summed E-state index contributed by atoms with van der Waals surface area (Å²) >= 11 is 0. The number of aliphatic hydroxyl groups is 1. The Labute approximate surface area is 107 Å². The molecule has 0 unspecified atom stereocenters. The molecule has 1 aromatic rings. The Morgan fingerprint density at radius 3 is 2.58 bits per heavy atom. The van der Waals surface area contributed by atoms with E-state index < -0.39 is 30.2 Å². The van der Waals surface area contributed by atoms with E-state index in [0.29, 0.717) is 0 Å². The van der Waals surface area contributed by atoms with Crippen molar-refractivity contribution in [2.45, 2.75) is 25.4 Å². The normalized spacial score (nSPS) is 14.6. The number of halogens is 3. The fraction of sp³-hybridized carbons (Fsp3) is 0.364. The molecule has 0 fully saturated rings. The van der Waals surface area contributed by atoms with Gasteiger partial charge in [-0.3, -0.25) is 4.79 Å². The molecule has 1 rings (SSSR count). The van der Waals surface area contributed by atoms with Crippen LogP contribution in [0, 0.1) is 0 Å². The van der Waals surface area contributed by atoms with Crippen molar-refractivity contribution in [3.05, 3.63) is 24.3 Å². The zero-order valence-corrected chi connectivity index (χ0v) is 9.94. The number of carbonyl (C=O) groups is 1. The predicted octanol–water partition coefficient (Wildman–Crippen LogP) is 1.23. The van der Waals surface area contributed by atoms with E-state index in [-0.39, 0.29) is 5.69 Å². The lowest BCUT2D eigenvalue weighted by Gasteiger charge is -2.19. The summed E-state index contributed by atoms with van der Waals surface area (Å²) < 4.78 is 39.8. The topological polar surface area (TPSA) is 84.6 Å². The van der Waals surface area contributed by atoms with Crippen LogP contribution in [0.3, 0.4) is 0 Å². The number of carbonyl (C=O) groups excluding carboxylic acids is 1. The molecule has 0 aliphatic rings. The van der Waals surface area contributed by atoms with Crippen molar-refractivity contribution >= 4 is 11.6 Å². The summed E-state index contributed by atoms with van der Waals surface area (Å²) in [6, 6.07) is 3.78. The van der Waals surface area contributed by atoms with Crippen LogP contribution in [0.1, 0.15) is 6.92 Å². The molecule has 2 atom stereocenters. The summed E-state index contributed by atoms with van der Waals surface area (Å²) in [6.45, 7) is 1.33. The number of amides is 1. The molecule has 0 spiro atoms. The van der Waals surface area contributed by atoms with Crippen LogP contribution in [-0.2, 0) is 4.79 Å². The van der Waals surface area contributed by atoms with E-state index in [9.17, 15) is 23.1 Å². The molecule has 0 aliphatic heterocycles. The number of ether oxygens (including phenoxy) is 1. The van der Waals surface area contributed by atoms with Gasteiger partial charge in [0.15, 0.2) is 0 Å². The standard InChI is InChI=1S/C11H13F3N2O3/c1-6(17)9(10(15)18)16-7-3-2-4-8(5-7)19-11(12,13)14/h2-6,9,16-17H,1H3,(H2,15,18)/t6-,9+/m0/s1. The highest BCUT2D eigenvalue weighted by atomic mass is 19.4. The monoisotopic (exact) mass is 278 g/mol. The van der Waals surface area contributed by atoms with Gasteiger partial charge in [-0.05, 0) is 19.1 Å². The summed E-state index contributed by atoms with van der Waals surface area (Å²) in [4.78, 5) is 11.0. The van der Waals surface area contributed by atoms with Gasteiger partial charge in [0, 0.05) is 11.8 Å². The van der Waals surface area contributed by atoms with Gasteiger partial charge in [-0.25, -0.2) is 0 Å². The number of anilines is 1. The Morgan fingerprint density at radius 1 is 1.47 bits per heavy atom. The second-order valence-corrected chi connectivity index (χ2v) is 3.84. The van der Waals surface area contributed by atoms with Gasteiger partial charge in [-0.1, -0.05) is 6.07 Å². The van der Waals surface area contributed by atoms with Crippen LogP contribution in [0.25, 0.3) is 0 Å². The second kappa shape index (κ2) is 5.79. The number of hydrogen-bond donors (Lipinski definition) is 3. The Bertz CT molecular complexity index is 449. The number of nitrogens with one attached hydrogen (secondary N) is 1. The van der Waals surface area contributed by atoms with E-state index in [1.165, 1.54) is 19.1 Å². The minimum absolute atomic E-state index is 0.173. The quantitative estimate of drug-likeness (QED) is 0.756. The Kier molecular flexibility index (Phi) is 4.60. The zero-order valence-electron chi connectivity index (χ0n) is 9.94. The fourth-order valence-electron chi connectivity index (χ4n) is 1.39. The van der Waals surface area contributed by atoms with Crippen LogP contribution in [0.2, 0.25) is 0 Å². The molecule has 0 saturated carbocycles. The maximum Gasteiger partial charge on any atom is 0.573 e. The van der Waals surface area contributed by atoms with Gasteiger partial charge in [0.05, 0.1) is 6.10 Å². The number of hydrogen-bond acceptors (Lipinski definition) is 4. The lowest BCUT2D eigenvalue weighted by atomic mass is 10.1. The van der Waals surface area contributed by atoms with E-state index in [2.05, 4.69) is 10.1 Å². The van der Waals surface area contributed by atoms with Gasteiger partial charge < -0.3 is 20.9 Å². The second-order valence-electron chi connectivity index (χ2n) is 3.84. The summed E-state index contributed by atoms with van der Waals surface area (Å²) in [5, 5.41) is 11.9. The molecule has 1 aromatic carbocycles. The van der Waals surface area contributed by atoms with Crippen LogP contribution in [-0.4, -0.2) is 29.5 Å². The van der Waals surface area contributed by atoms with Crippen molar-refractivity contribution in [1.29, 1.82) is 0 Å². The van der Waals surface area contributed by atoms with Gasteiger partial charge in [0.1, 0.15) is 11.8 Å². The third kappa shape index (κ3) is 5.04. The van der Waals surface area contributed by atoms with Crippen molar-refractivity contribution in [3.63, 3.8) is 0 Å². The Morgan fingerprint density at radius 2 is 2.11 bits per heavy atom. The van der Waals surface area contributed by atoms with Crippen LogP contribution in [0.5, 0.6) is 5.75 Å². The first-order chi connectivity index (χ1) is 8.69. The average molecular weight is 278 g/mol. The van der Waals surface area contributed by atoms with E-state index in [0.717, 1.165) is 12.1 Å². The Hall–Kier alpha value is -1.96. The predicted molar refractivity (Wildman–Crippen MR) is 61.4 cm³/mol. The molecule has 0 bridgehead atoms. The molecule has 1 amide bonds. The first kappa shape index (κ1) is 15.1. The third-order valence-electron chi connectivity index (χ3n) is 2.18. The number of rotatable bonds is 5. The molecular weight excluding hydrogens is 265 g/mol. The van der Waals surface area contributed by atoms with E-state index in [1.54, 1.807) is 0 Å². The van der Waals surface area contributed by atoms with Crippen molar-refractivity contribution in [2.75, 3.05) is 5.32 Å². The minimum Gasteiger partial charge on any atom is -0.406 e. The number of benzene rings is 1. The van der Waals surface area contributed by atoms with Crippen molar-refractivity contribution in [2.24, 2.45) is 5.73 Å². The molecule has 0 aliphatic carbocycles. The molecule has 0 aromatic heterocycles. The van der Waals surface area contributed by atoms with E-state index in [1.807, 2.05) is 0 Å². The molecule has 106 valence electrons. The fourth-order valence-corrected chi connectivity index (χ4v) is 1.39. The van der Waals surface area contributed by atoms with Crippen LogP contribution >= 0.6 is 0 Å². The lowest BCUT2D eigenvalue weighted by Crippen LogP contribution is -2.43. The lowest BCUT2D eigenvalue weighted by molar-refractivity contribution is -0.274. The van der Waals surface area contributed by atoms with Crippen LogP contribution < -0.4 is 15.8 Å². The summed E-state index contributed by atoms with van der Waals surface area (Å²) in [5.41, 5.74) is 5.23. The SMILES string of the molecule is C[C@H](O)[C@@H](Nc1cccc(OC(F)(F)F)c1)C(N)=O. The van der Waals surface area contributed by atoms with Crippen LogP contribution in [0.4, 0.5) is 18.9 Å². The van der Waals surface area contributed by atoms with Gasteiger partial charge >= 0.3 is 6.36 Å².